The number of esters is 1. The molecule has 7 heteroatoms. The zero-order valence-electron chi connectivity index (χ0n) is 17.7. The number of amides is 1. The molecule has 0 saturated heterocycles. The summed E-state index contributed by atoms with van der Waals surface area (Å²) >= 11 is 0. The van der Waals surface area contributed by atoms with E-state index in [9.17, 15) is 9.59 Å². The average Bonchev–Trinajstić information content (AvgIpc) is 3.19. The van der Waals surface area contributed by atoms with Crippen molar-refractivity contribution in [3.8, 4) is 11.5 Å². The van der Waals surface area contributed by atoms with Gasteiger partial charge in [0.05, 0.1) is 12.7 Å². The number of hydrogen-bond donors (Lipinski definition) is 0. The highest BCUT2D eigenvalue weighted by molar-refractivity contribution is 6.00. The maximum atomic E-state index is 12.3. The monoisotopic (exact) mass is 418 g/mol. The minimum Gasteiger partial charge on any atom is -0.497 e. The summed E-state index contributed by atoms with van der Waals surface area (Å²) in [5, 5.41) is 7.67. The molecule has 1 amide bonds. The lowest BCUT2D eigenvalue weighted by Gasteiger charge is -2.21. The van der Waals surface area contributed by atoms with Gasteiger partial charge in [-0.2, -0.15) is 5.01 Å². The van der Waals surface area contributed by atoms with Crippen LogP contribution in [-0.4, -0.2) is 29.9 Å². The number of rotatable bonds is 4. The lowest BCUT2D eigenvalue weighted by Crippen LogP contribution is -2.26. The van der Waals surface area contributed by atoms with Crippen molar-refractivity contribution in [2.75, 3.05) is 7.11 Å². The number of hydrazone groups is 1. The van der Waals surface area contributed by atoms with Gasteiger partial charge in [-0.15, -0.1) is 5.10 Å². The van der Waals surface area contributed by atoms with E-state index >= 15 is 0 Å². The highest BCUT2D eigenvalue weighted by Crippen LogP contribution is 2.36. The summed E-state index contributed by atoms with van der Waals surface area (Å²) in [6, 6.07) is 16.9. The Bertz CT molecular complexity index is 1220. The van der Waals surface area contributed by atoms with E-state index in [0.29, 0.717) is 17.2 Å². The molecular weight excluding hydrogens is 396 g/mol. The number of carbonyl (C=O) groups is 2. The Kier molecular flexibility index (Phi) is 5.33. The quantitative estimate of drug-likeness (QED) is 0.466. The van der Waals surface area contributed by atoms with Gasteiger partial charge in [-0.05, 0) is 54.1 Å². The first-order chi connectivity index (χ1) is 14.9. The SMILES string of the molecule is COc1ccc2cc(C3=NN(C(C)=O)[C@H](c4cc(C)ccc4OC(C)=O)O3)ccc2c1. The molecule has 0 saturated carbocycles. The number of aryl methyl sites for hydroxylation is 1. The Morgan fingerprint density at radius 3 is 2.45 bits per heavy atom. The Balaban J connectivity index is 1.72. The minimum atomic E-state index is -0.840. The summed E-state index contributed by atoms with van der Waals surface area (Å²) in [5.74, 6) is 0.670. The van der Waals surface area contributed by atoms with Gasteiger partial charge in [0.2, 0.25) is 18.0 Å². The molecule has 1 atom stereocenters. The third kappa shape index (κ3) is 4.07. The third-order valence-electron chi connectivity index (χ3n) is 4.95. The van der Waals surface area contributed by atoms with Gasteiger partial charge >= 0.3 is 5.97 Å². The molecule has 1 aliphatic heterocycles. The highest BCUT2D eigenvalue weighted by atomic mass is 16.5. The number of methoxy groups -OCH3 is 1. The van der Waals surface area contributed by atoms with Crippen LogP contribution in [0.5, 0.6) is 11.5 Å². The van der Waals surface area contributed by atoms with E-state index in [0.717, 1.165) is 27.6 Å². The molecule has 0 bridgehead atoms. The first kappa shape index (κ1) is 20.4. The van der Waals surface area contributed by atoms with Crippen molar-refractivity contribution in [1.29, 1.82) is 0 Å². The van der Waals surface area contributed by atoms with Gasteiger partial charge in [0, 0.05) is 19.4 Å². The molecule has 0 unspecified atom stereocenters. The minimum absolute atomic E-state index is 0.291. The zero-order valence-corrected chi connectivity index (χ0v) is 17.7. The lowest BCUT2D eigenvalue weighted by molar-refractivity contribution is -0.135. The largest absolute Gasteiger partial charge is 0.497 e. The summed E-state index contributed by atoms with van der Waals surface area (Å²) in [4.78, 5) is 23.9. The number of nitrogens with zero attached hydrogens (tertiary/aromatic N) is 2. The molecule has 1 aliphatic rings. The second-order valence-corrected chi connectivity index (χ2v) is 7.30. The summed E-state index contributed by atoms with van der Waals surface area (Å²) in [6.07, 6.45) is -0.840. The van der Waals surface area contributed by atoms with Crippen LogP contribution in [0.2, 0.25) is 0 Å². The normalized spacial score (nSPS) is 15.4. The maximum absolute atomic E-state index is 12.3. The first-order valence-corrected chi connectivity index (χ1v) is 9.78. The van der Waals surface area contributed by atoms with E-state index in [1.54, 1.807) is 13.2 Å². The van der Waals surface area contributed by atoms with Crippen molar-refractivity contribution in [3.05, 3.63) is 71.3 Å². The second kappa shape index (κ2) is 8.10. The van der Waals surface area contributed by atoms with Crippen molar-refractivity contribution in [3.63, 3.8) is 0 Å². The van der Waals surface area contributed by atoms with Crippen LogP contribution >= 0.6 is 0 Å². The zero-order chi connectivity index (χ0) is 22.1. The molecule has 158 valence electrons. The molecule has 0 aliphatic carbocycles. The van der Waals surface area contributed by atoms with Crippen LogP contribution in [0.4, 0.5) is 0 Å². The van der Waals surface area contributed by atoms with Gasteiger partial charge in [-0.3, -0.25) is 9.59 Å². The molecule has 3 aromatic rings. The Hall–Kier alpha value is -3.87. The molecule has 4 rings (SSSR count). The Morgan fingerprint density at radius 1 is 1.00 bits per heavy atom. The lowest BCUT2D eigenvalue weighted by atomic mass is 10.1. The van der Waals surface area contributed by atoms with Gasteiger partial charge in [0.25, 0.3) is 0 Å². The summed E-state index contributed by atoms with van der Waals surface area (Å²) in [6.45, 7) is 4.65. The number of fused-ring (bicyclic) bond motifs is 1. The van der Waals surface area contributed by atoms with Crippen molar-refractivity contribution in [2.45, 2.75) is 27.0 Å². The predicted octanol–water partition coefficient (Wildman–Crippen LogP) is 4.32. The van der Waals surface area contributed by atoms with Crippen LogP contribution in [0.3, 0.4) is 0 Å². The molecule has 3 aromatic carbocycles. The Labute approximate surface area is 179 Å². The molecule has 0 spiro atoms. The fourth-order valence-electron chi connectivity index (χ4n) is 3.48. The fraction of sp³-hybridized carbons (Fsp3) is 0.208. The summed E-state index contributed by atoms with van der Waals surface area (Å²) in [7, 11) is 1.63. The predicted molar refractivity (Wildman–Crippen MR) is 116 cm³/mol. The van der Waals surface area contributed by atoms with Crippen molar-refractivity contribution < 1.29 is 23.8 Å². The molecule has 0 radical (unpaired) electrons. The van der Waals surface area contributed by atoms with Crippen LogP contribution < -0.4 is 9.47 Å². The van der Waals surface area contributed by atoms with Crippen LogP contribution in [0.15, 0.2) is 59.7 Å². The van der Waals surface area contributed by atoms with Gasteiger partial charge in [0.1, 0.15) is 11.5 Å². The van der Waals surface area contributed by atoms with Gasteiger partial charge < -0.3 is 14.2 Å². The van der Waals surface area contributed by atoms with E-state index in [4.69, 9.17) is 14.2 Å². The average molecular weight is 418 g/mol. The second-order valence-electron chi connectivity index (χ2n) is 7.30. The standard InChI is InChI=1S/C24H22N2O5/c1-14-5-10-22(30-16(3)28)21(11-14)24-26(15(2)27)25-23(31-24)19-7-6-18-13-20(29-4)9-8-17(18)12-19/h5-13,24H,1-4H3/t24-/m0/s1. The van der Waals surface area contributed by atoms with Crippen LogP contribution in [0.1, 0.15) is 36.8 Å². The van der Waals surface area contributed by atoms with Gasteiger partial charge in [0.15, 0.2) is 0 Å². The molecule has 1 heterocycles. The summed E-state index contributed by atoms with van der Waals surface area (Å²) in [5.41, 5.74) is 2.22. The number of benzene rings is 3. The van der Waals surface area contributed by atoms with Crippen molar-refractivity contribution >= 4 is 28.5 Å². The molecule has 7 nitrogen and oxygen atoms in total. The topological polar surface area (TPSA) is 77.4 Å². The smallest absolute Gasteiger partial charge is 0.308 e. The van der Waals surface area contributed by atoms with E-state index in [2.05, 4.69) is 5.10 Å². The highest BCUT2D eigenvalue weighted by Gasteiger charge is 2.35. The summed E-state index contributed by atoms with van der Waals surface area (Å²) < 4.78 is 16.7. The van der Waals surface area contributed by atoms with Crippen molar-refractivity contribution in [2.24, 2.45) is 5.10 Å². The molecule has 0 fully saturated rings. The van der Waals surface area contributed by atoms with Gasteiger partial charge in [-0.25, -0.2) is 0 Å². The van der Waals surface area contributed by atoms with Crippen molar-refractivity contribution in [1.82, 2.24) is 5.01 Å². The number of hydrogen-bond acceptors (Lipinski definition) is 6. The molecule has 0 aromatic heterocycles. The third-order valence-corrected chi connectivity index (χ3v) is 4.95. The van der Waals surface area contributed by atoms with E-state index < -0.39 is 12.2 Å². The molecular formula is C24H22N2O5. The van der Waals surface area contributed by atoms with E-state index in [1.165, 1.54) is 18.9 Å². The molecule has 0 N–H and O–H groups in total. The fourth-order valence-corrected chi connectivity index (χ4v) is 3.48. The number of carbonyl (C=O) groups excluding carboxylic acids is 2. The van der Waals surface area contributed by atoms with Crippen LogP contribution in [0.25, 0.3) is 10.8 Å². The number of ether oxygens (including phenoxy) is 3. The van der Waals surface area contributed by atoms with Crippen LogP contribution in [-0.2, 0) is 14.3 Å². The van der Waals surface area contributed by atoms with Gasteiger partial charge in [-0.1, -0.05) is 23.8 Å². The van der Waals surface area contributed by atoms with E-state index in [-0.39, 0.29) is 5.91 Å². The Morgan fingerprint density at radius 2 is 1.74 bits per heavy atom. The maximum Gasteiger partial charge on any atom is 0.308 e. The first-order valence-electron chi connectivity index (χ1n) is 9.78. The molecule has 31 heavy (non-hydrogen) atoms. The van der Waals surface area contributed by atoms with Crippen LogP contribution in [0, 0.1) is 6.92 Å². The van der Waals surface area contributed by atoms with E-state index in [1.807, 2.05) is 55.5 Å².